The molecule has 0 N–H and O–H groups in total. The minimum absolute atomic E-state index is 0.0837. The summed E-state index contributed by atoms with van der Waals surface area (Å²) in [5, 5.41) is 0.809. The molecule has 2 atom stereocenters. The molecule has 0 bridgehead atoms. The second kappa shape index (κ2) is 9.30. The number of benzene rings is 2. The number of halogens is 4. The predicted octanol–water partition coefficient (Wildman–Crippen LogP) is 6.15. The molecule has 10 heteroatoms. The van der Waals surface area contributed by atoms with Gasteiger partial charge >= 0.3 is 5.69 Å². The Morgan fingerprint density at radius 2 is 1.94 bits per heavy atom. The Morgan fingerprint density at radius 3 is 2.68 bits per heavy atom. The van der Waals surface area contributed by atoms with Crippen LogP contribution in [0.4, 0.5) is 14.6 Å². The van der Waals surface area contributed by atoms with Gasteiger partial charge in [-0.05, 0) is 38.3 Å². The normalized spacial score (nSPS) is 20.6. The van der Waals surface area contributed by atoms with Gasteiger partial charge in [0.25, 0.3) is 0 Å². The van der Waals surface area contributed by atoms with Crippen LogP contribution in [-0.4, -0.2) is 41.1 Å². The number of aromatic nitrogens is 2. The molecule has 3 aromatic rings. The maximum atomic E-state index is 15.0. The number of anilines is 1. The third-order valence-corrected chi connectivity index (χ3v) is 8.45. The first kappa shape index (κ1) is 23.9. The van der Waals surface area contributed by atoms with Crippen molar-refractivity contribution in [1.29, 1.82) is 0 Å². The van der Waals surface area contributed by atoms with Crippen molar-refractivity contribution in [3.8, 4) is 11.1 Å². The standard InChI is InChI=1S/C24H23Cl2F2N3O2S/c1-12-5-3-4-6-30(12)23-15-8-17(26)20(14-7-16(25)19(28)9-18(14)27)22-21(15)31(24(32)29-23)10-13(33-2)11-34-22/h7-9,12-13H,3-6,10-11H2,1-2H3/t12-,13+/m0/s1. The van der Waals surface area contributed by atoms with E-state index < -0.39 is 17.3 Å². The number of ether oxygens (including phenoxy) is 1. The van der Waals surface area contributed by atoms with Crippen molar-refractivity contribution in [2.24, 2.45) is 0 Å². The lowest BCUT2D eigenvalue weighted by atomic mass is 10.0. The topological polar surface area (TPSA) is 47.4 Å². The number of nitrogens with zero attached hydrogens (tertiary/aromatic N) is 3. The molecular formula is C24H23Cl2F2N3O2S. The molecule has 0 unspecified atom stereocenters. The zero-order valence-electron chi connectivity index (χ0n) is 18.7. The van der Waals surface area contributed by atoms with E-state index >= 15 is 0 Å². The van der Waals surface area contributed by atoms with Gasteiger partial charge in [0, 0.05) is 52.9 Å². The second-order valence-electron chi connectivity index (χ2n) is 8.74. The summed E-state index contributed by atoms with van der Waals surface area (Å²) in [7, 11) is 1.59. The van der Waals surface area contributed by atoms with Crippen LogP contribution in [0.25, 0.3) is 22.0 Å². The summed E-state index contributed by atoms with van der Waals surface area (Å²) in [5.74, 6) is -0.514. The molecule has 2 aromatic carbocycles. The third-order valence-electron chi connectivity index (χ3n) is 6.64. The van der Waals surface area contributed by atoms with Crippen LogP contribution in [-0.2, 0) is 11.3 Å². The van der Waals surface area contributed by atoms with Crippen LogP contribution < -0.4 is 10.6 Å². The number of hydrogen-bond donors (Lipinski definition) is 0. The first-order valence-corrected chi connectivity index (χ1v) is 12.9. The van der Waals surface area contributed by atoms with Crippen LogP contribution in [0.2, 0.25) is 10.0 Å². The van der Waals surface area contributed by atoms with E-state index in [1.54, 1.807) is 17.7 Å². The van der Waals surface area contributed by atoms with Gasteiger partial charge in [0.1, 0.15) is 17.5 Å². The Balaban J connectivity index is 1.86. The molecule has 0 amide bonds. The molecule has 34 heavy (non-hydrogen) atoms. The molecule has 0 saturated carbocycles. The average molecular weight is 526 g/mol. The molecular weight excluding hydrogens is 503 g/mol. The lowest BCUT2D eigenvalue weighted by molar-refractivity contribution is 0.107. The Bertz CT molecular complexity index is 1350. The Kier molecular flexibility index (Phi) is 6.52. The van der Waals surface area contributed by atoms with Crippen molar-refractivity contribution in [2.75, 3.05) is 24.3 Å². The third kappa shape index (κ3) is 3.98. The van der Waals surface area contributed by atoms with Gasteiger partial charge in [0.2, 0.25) is 0 Å². The smallest absolute Gasteiger partial charge is 0.350 e. The Labute approximate surface area is 210 Å². The van der Waals surface area contributed by atoms with Crippen molar-refractivity contribution in [3.63, 3.8) is 0 Å². The van der Waals surface area contributed by atoms with Crippen LogP contribution >= 0.6 is 35.0 Å². The van der Waals surface area contributed by atoms with Crippen LogP contribution in [0.15, 0.2) is 27.9 Å². The minimum atomic E-state index is -0.847. The Hall–Kier alpha value is -1.87. The zero-order chi connectivity index (χ0) is 24.1. The van der Waals surface area contributed by atoms with Gasteiger partial charge < -0.3 is 9.64 Å². The summed E-state index contributed by atoms with van der Waals surface area (Å²) in [4.78, 5) is 20.6. The Morgan fingerprint density at radius 1 is 1.15 bits per heavy atom. The molecule has 180 valence electrons. The average Bonchev–Trinajstić information content (AvgIpc) is 3.00. The minimum Gasteiger partial charge on any atom is -0.379 e. The molecule has 0 spiro atoms. The van der Waals surface area contributed by atoms with Crippen LogP contribution in [0.3, 0.4) is 0 Å². The first-order chi connectivity index (χ1) is 16.3. The van der Waals surface area contributed by atoms with E-state index in [0.717, 1.165) is 37.3 Å². The predicted molar refractivity (Wildman–Crippen MR) is 134 cm³/mol. The van der Waals surface area contributed by atoms with Crippen molar-refractivity contribution in [1.82, 2.24) is 9.55 Å². The maximum Gasteiger partial charge on any atom is 0.350 e. The largest absolute Gasteiger partial charge is 0.379 e. The molecule has 5 rings (SSSR count). The quantitative estimate of drug-likeness (QED) is 0.384. The van der Waals surface area contributed by atoms with Gasteiger partial charge in [-0.1, -0.05) is 23.2 Å². The molecule has 2 aliphatic rings. The highest BCUT2D eigenvalue weighted by Gasteiger charge is 2.30. The van der Waals surface area contributed by atoms with Crippen LogP contribution in [0, 0.1) is 11.6 Å². The van der Waals surface area contributed by atoms with E-state index in [4.69, 9.17) is 27.9 Å². The fraction of sp³-hybridized carbons (Fsp3) is 0.417. The molecule has 3 heterocycles. The fourth-order valence-corrected chi connectivity index (χ4v) is 6.68. The van der Waals surface area contributed by atoms with Gasteiger partial charge in [-0.3, -0.25) is 4.57 Å². The number of hydrogen-bond acceptors (Lipinski definition) is 5. The van der Waals surface area contributed by atoms with E-state index in [1.807, 2.05) is 0 Å². The summed E-state index contributed by atoms with van der Waals surface area (Å²) in [5.41, 5.74) is 0.709. The molecule has 0 aliphatic carbocycles. The van der Waals surface area contributed by atoms with Crippen molar-refractivity contribution in [3.05, 3.63) is 50.4 Å². The lowest BCUT2D eigenvalue weighted by Gasteiger charge is -2.35. The van der Waals surface area contributed by atoms with E-state index in [9.17, 15) is 13.6 Å². The highest BCUT2D eigenvalue weighted by atomic mass is 35.5. The number of methoxy groups -OCH3 is 1. The fourth-order valence-electron chi connectivity index (χ4n) is 4.84. The van der Waals surface area contributed by atoms with Gasteiger partial charge in [0.05, 0.1) is 28.2 Å². The van der Waals surface area contributed by atoms with E-state index in [2.05, 4.69) is 16.8 Å². The van der Waals surface area contributed by atoms with E-state index in [-0.39, 0.29) is 27.8 Å². The zero-order valence-corrected chi connectivity index (χ0v) is 21.0. The van der Waals surface area contributed by atoms with Crippen molar-refractivity contribution >= 4 is 51.7 Å². The lowest BCUT2D eigenvalue weighted by Crippen LogP contribution is -2.40. The van der Waals surface area contributed by atoms with Crippen LogP contribution in [0.5, 0.6) is 0 Å². The number of thioether (sulfide) groups is 1. The van der Waals surface area contributed by atoms with E-state index in [1.165, 1.54) is 17.8 Å². The summed E-state index contributed by atoms with van der Waals surface area (Å²) in [6.07, 6.45) is 2.88. The summed E-state index contributed by atoms with van der Waals surface area (Å²) in [6.45, 7) is 3.22. The second-order valence-corrected chi connectivity index (χ2v) is 10.6. The van der Waals surface area contributed by atoms with Gasteiger partial charge in [-0.2, -0.15) is 4.98 Å². The van der Waals surface area contributed by atoms with Crippen molar-refractivity contribution < 1.29 is 13.5 Å². The number of piperidine rings is 1. The molecule has 5 nitrogen and oxygen atoms in total. The van der Waals surface area contributed by atoms with Gasteiger partial charge in [-0.15, -0.1) is 11.8 Å². The van der Waals surface area contributed by atoms with Crippen molar-refractivity contribution in [2.45, 2.75) is 49.8 Å². The maximum absolute atomic E-state index is 15.0. The molecule has 0 radical (unpaired) electrons. The van der Waals surface area contributed by atoms with Gasteiger partial charge in [-0.25, -0.2) is 13.6 Å². The molecule has 1 saturated heterocycles. The van der Waals surface area contributed by atoms with Crippen LogP contribution in [0.1, 0.15) is 26.2 Å². The summed E-state index contributed by atoms with van der Waals surface area (Å²) < 4.78 is 36.1. The highest BCUT2D eigenvalue weighted by molar-refractivity contribution is 7.99. The first-order valence-electron chi connectivity index (χ1n) is 11.1. The molecule has 1 aromatic heterocycles. The monoisotopic (exact) mass is 525 g/mol. The summed E-state index contributed by atoms with van der Waals surface area (Å²) in [6, 6.07) is 3.95. The van der Waals surface area contributed by atoms with Gasteiger partial charge in [0.15, 0.2) is 0 Å². The highest BCUT2D eigenvalue weighted by Crippen LogP contribution is 2.47. The summed E-state index contributed by atoms with van der Waals surface area (Å²) >= 11 is 14.2. The SMILES string of the molecule is CO[C@H]1CSc2c(-c3cc(Cl)c(F)cc3F)c(Cl)cc3c(N4CCCC[C@@H]4C)nc(=O)n(c23)C1. The number of rotatable bonds is 3. The molecule has 1 fully saturated rings. The molecule has 2 aliphatic heterocycles. The van der Waals surface area contributed by atoms with E-state index in [0.29, 0.717) is 34.1 Å².